The molecule has 3 saturated carbocycles. The standard InChI is InChI=1S/C20H36/c1-14-7-6-11-20(5)12-10-17-15(2)8-9-16(13-18(14)20)19(17,3)4/h14-18H,6-13H2,1-5H3/t14-,15-,16?,17?,18?,20+/m1/s1. The van der Waals surface area contributed by atoms with Crippen LogP contribution in [0.1, 0.15) is 86.0 Å². The highest BCUT2D eigenvalue weighted by molar-refractivity contribution is 5.00. The molecule has 0 heterocycles. The molecule has 0 radical (unpaired) electrons. The fraction of sp³-hybridized carbons (Fsp3) is 1.00. The van der Waals surface area contributed by atoms with Crippen LogP contribution in [0, 0.1) is 40.4 Å². The van der Waals surface area contributed by atoms with E-state index in [9.17, 15) is 0 Å². The molecule has 0 N–H and O–H groups in total. The van der Waals surface area contributed by atoms with Gasteiger partial charge in [-0.3, -0.25) is 0 Å². The minimum Gasteiger partial charge on any atom is -0.0622 e. The van der Waals surface area contributed by atoms with Gasteiger partial charge in [-0.15, -0.1) is 0 Å². The molecule has 116 valence electrons. The second-order valence-corrected chi connectivity index (χ2v) is 9.58. The topological polar surface area (TPSA) is 0 Å². The summed E-state index contributed by atoms with van der Waals surface area (Å²) in [5.74, 6) is 4.92. The lowest BCUT2D eigenvalue weighted by atomic mass is 9.48. The molecular weight excluding hydrogens is 240 g/mol. The molecule has 6 atom stereocenters. The highest BCUT2D eigenvalue weighted by atomic mass is 14.6. The molecule has 0 saturated heterocycles. The van der Waals surface area contributed by atoms with Crippen molar-refractivity contribution >= 4 is 0 Å². The van der Waals surface area contributed by atoms with Gasteiger partial charge >= 0.3 is 0 Å². The lowest BCUT2D eigenvalue weighted by molar-refractivity contribution is -0.0692. The predicted molar refractivity (Wildman–Crippen MR) is 87.6 cm³/mol. The van der Waals surface area contributed by atoms with Crippen molar-refractivity contribution in [1.29, 1.82) is 0 Å². The van der Waals surface area contributed by atoms with Crippen LogP contribution >= 0.6 is 0 Å². The van der Waals surface area contributed by atoms with Crippen molar-refractivity contribution in [2.45, 2.75) is 86.0 Å². The Morgan fingerprint density at radius 1 is 0.750 bits per heavy atom. The molecule has 0 nitrogen and oxygen atoms in total. The second kappa shape index (κ2) is 5.03. The first kappa shape index (κ1) is 14.9. The Morgan fingerprint density at radius 3 is 2.20 bits per heavy atom. The summed E-state index contributed by atoms with van der Waals surface area (Å²) in [6, 6.07) is 0. The van der Waals surface area contributed by atoms with E-state index in [4.69, 9.17) is 0 Å². The first-order valence-corrected chi connectivity index (χ1v) is 9.34. The van der Waals surface area contributed by atoms with Gasteiger partial charge < -0.3 is 0 Å². The molecule has 2 bridgehead atoms. The van der Waals surface area contributed by atoms with Crippen molar-refractivity contribution in [3.8, 4) is 0 Å². The van der Waals surface area contributed by atoms with Crippen LogP contribution in [0.3, 0.4) is 0 Å². The lowest BCUT2D eigenvalue weighted by Gasteiger charge is -2.57. The van der Waals surface area contributed by atoms with Crippen molar-refractivity contribution in [3.63, 3.8) is 0 Å². The predicted octanol–water partition coefficient (Wildman–Crippen LogP) is 6.30. The number of rotatable bonds is 0. The molecule has 20 heavy (non-hydrogen) atoms. The van der Waals surface area contributed by atoms with E-state index in [0.29, 0.717) is 10.8 Å². The zero-order valence-electron chi connectivity index (χ0n) is 14.5. The largest absolute Gasteiger partial charge is 0.0622 e. The molecule has 3 aliphatic rings. The van der Waals surface area contributed by atoms with E-state index in [1.165, 1.54) is 51.4 Å². The van der Waals surface area contributed by atoms with Gasteiger partial charge in [-0.1, -0.05) is 53.9 Å². The monoisotopic (exact) mass is 276 g/mol. The van der Waals surface area contributed by atoms with Crippen LogP contribution in [0.25, 0.3) is 0 Å². The minimum atomic E-state index is 0.593. The first-order valence-electron chi connectivity index (χ1n) is 9.34. The first-order chi connectivity index (χ1) is 9.34. The van der Waals surface area contributed by atoms with E-state index >= 15 is 0 Å². The van der Waals surface area contributed by atoms with Gasteiger partial charge in [0.25, 0.3) is 0 Å². The Bertz CT molecular complexity index is 355. The van der Waals surface area contributed by atoms with Crippen LogP contribution < -0.4 is 0 Å². The molecule has 0 heteroatoms. The van der Waals surface area contributed by atoms with Gasteiger partial charge in [-0.05, 0) is 72.5 Å². The Morgan fingerprint density at radius 2 is 1.45 bits per heavy atom. The molecule has 3 fully saturated rings. The van der Waals surface area contributed by atoms with E-state index in [1.54, 1.807) is 0 Å². The van der Waals surface area contributed by atoms with Crippen molar-refractivity contribution in [1.82, 2.24) is 0 Å². The number of hydrogen-bond acceptors (Lipinski definition) is 0. The van der Waals surface area contributed by atoms with Crippen LogP contribution in [-0.2, 0) is 0 Å². The molecule has 0 spiro atoms. The maximum Gasteiger partial charge on any atom is -0.0295 e. The Balaban J connectivity index is 1.91. The lowest BCUT2D eigenvalue weighted by Crippen LogP contribution is -2.48. The van der Waals surface area contributed by atoms with E-state index in [1.807, 2.05) is 0 Å². The van der Waals surface area contributed by atoms with Crippen molar-refractivity contribution in [2.24, 2.45) is 40.4 Å². The summed E-state index contributed by atoms with van der Waals surface area (Å²) >= 11 is 0. The third kappa shape index (κ3) is 2.26. The number of fused-ring (bicyclic) bond motifs is 3. The van der Waals surface area contributed by atoms with E-state index in [2.05, 4.69) is 34.6 Å². The molecule has 0 amide bonds. The summed E-state index contributed by atoms with van der Waals surface area (Å²) < 4.78 is 0. The Labute approximate surface area is 127 Å². The van der Waals surface area contributed by atoms with Crippen LogP contribution in [0.5, 0.6) is 0 Å². The average Bonchev–Trinajstić information content (AvgIpc) is 2.35. The van der Waals surface area contributed by atoms with Gasteiger partial charge in [0, 0.05) is 0 Å². The zero-order valence-corrected chi connectivity index (χ0v) is 14.5. The minimum absolute atomic E-state index is 0.593. The van der Waals surface area contributed by atoms with Gasteiger partial charge in [0.15, 0.2) is 0 Å². The zero-order chi connectivity index (χ0) is 14.5. The Kier molecular flexibility index (Phi) is 3.75. The summed E-state index contributed by atoms with van der Waals surface area (Å²) in [5, 5.41) is 0. The molecule has 3 unspecified atom stereocenters. The third-order valence-electron chi connectivity index (χ3n) is 8.22. The van der Waals surface area contributed by atoms with E-state index in [-0.39, 0.29) is 0 Å². The third-order valence-corrected chi connectivity index (χ3v) is 8.22. The smallest absolute Gasteiger partial charge is 0.0295 e. The maximum atomic E-state index is 2.64. The van der Waals surface area contributed by atoms with Gasteiger partial charge in [0.2, 0.25) is 0 Å². The van der Waals surface area contributed by atoms with Gasteiger partial charge in [-0.2, -0.15) is 0 Å². The van der Waals surface area contributed by atoms with Crippen LogP contribution in [0.15, 0.2) is 0 Å². The van der Waals surface area contributed by atoms with Crippen LogP contribution in [0.4, 0.5) is 0 Å². The van der Waals surface area contributed by atoms with Crippen LogP contribution in [-0.4, -0.2) is 0 Å². The van der Waals surface area contributed by atoms with Gasteiger partial charge in [0.05, 0.1) is 0 Å². The fourth-order valence-electron chi connectivity index (χ4n) is 6.67. The summed E-state index contributed by atoms with van der Waals surface area (Å²) in [4.78, 5) is 0. The highest BCUT2D eigenvalue weighted by Crippen LogP contribution is 2.60. The van der Waals surface area contributed by atoms with Crippen molar-refractivity contribution in [3.05, 3.63) is 0 Å². The van der Waals surface area contributed by atoms with Crippen molar-refractivity contribution in [2.75, 3.05) is 0 Å². The fourth-order valence-corrected chi connectivity index (χ4v) is 6.67. The summed E-state index contributed by atoms with van der Waals surface area (Å²) in [5.41, 5.74) is 1.26. The van der Waals surface area contributed by atoms with Gasteiger partial charge in [-0.25, -0.2) is 0 Å². The number of hydrogen-bond donors (Lipinski definition) is 0. The summed E-state index contributed by atoms with van der Waals surface area (Å²) in [7, 11) is 0. The van der Waals surface area contributed by atoms with Crippen molar-refractivity contribution < 1.29 is 0 Å². The van der Waals surface area contributed by atoms with E-state index < -0.39 is 0 Å². The summed E-state index contributed by atoms with van der Waals surface area (Å²) in [6.07, 6.45) is 12.0. The molecular formula is C20H36. The molecule has 0 aliphatic heterocycles. The molecule has 0 aromatic rings. The second-order valence-electron chi connectivity index (χ2n) is 9.58. The molecule has 3 aliphatic carbocycles. The van der Waals surface area contributed by atoms with E-state index in [0.717, 1.165) is 29.6 Å². The Hall–Kier alpha value is 0. The highest BCUT2D eigenvalue weighted by Gasteiger charge is 2.50. The van der Waals surface area contributed by atoms with Gasteiger partial charge in [0.1, 0.15) is 0 Å². The SMILES string of the molecule is C[C@@H]1CCC2CC3[C@H](C)CCC[C@@]3(C)CCC1C2(C)C. The normalized spacial score (nSPS) is 51.8. The summed E-state index contributed by atoms with van der Waals surface area (Å²) in [6.45, 7) is 12.9. The molecule has 3 rings (SSSR count). The maximum absolute atomic E-state index is 2.64. The average molecular weight is 277 g/mol. The quantitative estimate of drug-likeness (QED) is 0.487. The van der Waals surface area contributed by atoms with Crippen LogP contribution in [0.2, 0.25) is 0 Å². The molecule has 0 aromatic heterocycles. The molecule has 0 aromatic carbocycles.